The molecular weight excluding hydrogens is 264 g/mol. The van der Waals surface area contributed by atoms with E-state index in [1.165, 1.54) is 43.1 Å². The molecule has 0 fully saturated rings. The minimum atomic E-state index is 1.30. The Morgan fingerprint density at radius 1 is 0.364 bits per heavy atom. The van der Waals surface area contributed by atoms with Gasteiger partial charge in [-0.25, -0.2) is 0 Å². The zero-order chi connectivity index (χ0) is 14.5. The standard InChI is InChI=1S/C22H14/c1-2-7-18-14-21-19(13-17(18)6-1)12-11-16-10-9-15-5-3-4-8-20(15)22(16)21/h1-14H. The van der Waals surface area contributed by atoms with Crippen LogP contribution in [-0.2, 0) is 0 Å². The average Bonchev–Trinajstić information content (AvgIpc) is 2.59. The topological polar surface area (TPSA) is 0 Å². The molecular formula is C22H14. The first kappa shape index (κ1) is 11.8. The van der Waals surface area contributed by atoms with Gasteiger partial charge in [-0.1, -0.05) is 72.8 Å². The van der Waals surface area contributed by atoms with E-state index in [0.29, 0.717) is 0 Å². The summed E-state index contributed by atoms with van der Waals surface area (Å²) in [5, 5.41) is 10.6. The first-order valence-corrected chi connectivity index (χ1v) is 7.63. The van der Waals surface area contributed by atoms with Crippen molar-refractivity contribution in [1.29, 1.82) is 0 Å². The SMILES string of the molecule is c1ccc2cc3c(ccc4ccc5ccccc5c43)cc2c1. The van der Waals surface area contributed by atoms with Gasteiger partial charge in [0.2, 0.25) is 0 Å². The fourth-order valence-corrected chi connectivity index (χ4v) is 3.52. The van der Waals surface area contributed by atoms with Crippen LogP contribution in [0.1, 0.15) is 0 Å². The van der Waals surface area contributed by atoms with E-state index in [-0.39, 0.29) is 0 Å². The van der Waals surface area contributed by atoms with Crippen LogP contribution in [0.4, 0.5) is 0 Å². The van der Waals surface area contributed by atoms with E-state index >= 15 is 0 Å². The minimum absolute atomic E-state index is 1.30. The molecule has 0 amide bonds. The molecule has 0 heterocycles. The van der Waals surface area contributed by atoms with Crippen molar-refractivity contribution in [3.63, 3.8) is 0 Å². The van der Waals surface area contributed by atoms with E-state index < -0.39 is 0 Å². The summed E-state index contributed by atoms with van der Waals surface area (Å²) in [6, 6.07) is 30.8. The van der Waals surface area contributed by atoms with Gasteiger partial charge in [0.05, 0.1) is 0 Å². The zero-order valence-electron chi connectivity index (χ0n) is 12.1. The Morgan fingerprint density at radius 3 is 1.77 bits per heavy atom. The summed E-state index contributed by atoms with van der Waals surface area (Å²) in [5.74, 6) is 0. The summed E-state index contributed by atoms with van der Waals surface area (Å²) < 4.78 is 0. The largest absolute Gasteiger partial charge is 0.0616 e. The fourth-order valence-electron chi connectivity index (χ4n) is 3.52. The highest BCUT2D eigenvalue weighted by Crippen LogP contribution is 2.34. The lowest BCUT2D eigenvalue weighted by molar-refractivity contribution is 1.78. The number of hydrogen-bond donors (Lipinski definition) is 0. The molecule has 0 nitrogen and oxygen atoms in total. The molecule has 0 aliphatic heterocycles. The van der Waals surface area contributed by atoms with Crippen molar-refractivity contribution in [2.45, 2.75) is 0 Å². The van der Waals surface area contributed by atoms with E-state index in [1.54, 1.807) is 0 Å². The second-order valence-corrected chi connectivity index (χ2v) is 5.87. The minimum Gasteiger partial charge on any atom is -0.0616 e. The van der Waals surface area contributed by atoms with Gasteiger partial charge in [-0.2, -0.15) is 0 Å². The van der Waals surface area contributed by atoms with Crippen LogP contribution in [0, 0.1) is 0 Å². The third-order valence-corrected chi connectivity index (χ3v) is 4.59. The van der Waals surface area contributed by atoms with Crippen molar-refractivity contribution in [3.8, 4) is 0 Å². The maximum Gasteiger partial charge on any atom is -0.00266 e. The van der Waals surface area contributed by atoms with E-state index in [2.05, 4.69) is 84.9 Å². The maximum absolute atomic E-state index is 2.33. The van der Waals surface area contributed by atoms with E-state index in [9.17, 15) is 0 Å². The van der Waals surface area contributed by atoms with Crippen molar-refractivity contribution < 1.29 is 0 Å². The summed E-state index contributed by atoms with van der Waals surface area (Å²) >= 11 is 0. The molecule has 0 spiro atoms. The zero-order valence-corrected chi connectivity index (χ0v) is 12.1. The van der Waals surface area contributed by atoms with Gasteiger partial charge in [-0.3, -0.25) is 0 Å². The van der Waals surface area contributed by atoms with Gasteiger partial charge in [0.1, 0.15) is 0 Å². The molecule has 0 unspecified atom stereocenters. The van der Waals surface area contributed by atoms with Gasteiger partial charge in [0.25, 0.3) is 0 Å². The second kappa shape index (κ2) is 4.32. The molecule has 0 bridgehead atoms. The third-order valence-electron chi connectivity index (χ3n) is 4.59. The van der Waals surface area contributed by atoms with Gasteiger partial charge in [0, 0.05) is 0 Å². The van der Waals surface area contributed by atoms with Crippen LogP contribution in [-0.4, -0.2) is 0 Å². The Bertz CT molecular complexity index is 1170. The molecule has 102 valence electrons. The van der Waals surface area contributed by atoms with Crippen molar-refractivity contribution in [3.05, 3.63) is 84.9 Å². The van der Waals surface area contributed by atoms with Gasteiger partial charge in [-0.05, 0) is 55.2 Å². The quantitative estimate of drug-likeness (QED) is 0.230. The number of rotatable bonds is 0. The molecule has 0 aliphatic carbocycles. The summed E-state index contributed by atoms with van der Waals surface area (Å²) in [6.45, 7) is 0. The summed E-state index contributed by atoms with van der Waals surface area (Å²) in [6.07, 6.45) is 0. The van der Waals surface area contributed by atoms with Crippen LogP contribution in [0.2, 0.25) is 0 Å². The first-order valence-electron chi connectivity index (χ1n) is 7.63. The van der Waals surface area contributed by atoms with E-state index in [4.69, 9.17) is 0 Å². The maximum atomic E-state index is 2.33. The molecule has 5 aromatic carbocycles. The molecule has 0 aromatic heterocycles. The third kappa shape index (κ3) is 1.58. The van der Waals surface area contributed by atoms with Crippen LogP contribution in [0.5, 0.6) is 0 Å². The average molecular weight is 278 g/mol. The highest BCUT2D eigenvalue weighted by molar-refractivity contribution is 6.22. The van der Waals surface area contributed by atoms with E-state index in [1.807, 2.05) is 0 Å². The van der Waals surface area contributed by atoms with Gasteiger partial charge in [-0.15, -0.1) is 0 Å². The molecule has 0 N–H and O–H groups in total. The Balaban J connectivity index is 2.09. The lowest BCUT2D eigenvalue weighted by Gasteiger charge is -2.09. The van der Waals surface area contributed by atoms with Crippen LogP contribution in [0.3, 0.4) is 0 Å². The van der Waals surface area contributed by atoms with Gasteiger partial charge in [0.15, 0.2) is 0 Å². The highest BCUT2D eigenvalue weighted by Gasteiger charge is 2.06. The van der Waals surface area contributed by atoms with Crippen molar-refractivity contribution in [1.82, 2.24) is 0 Å². The predicted octanol–water partition coefficient (Wildman–Crippen LogP) is 6.30. The molecule has 22 heavy (non-hydrogen) atoms. The fraction of sp³-hybridized carbons (Fsp3) is 0. The summed E-state index contributed by atoms with van der Waals surface area (Å²) in [5.41, 5.74) is 0. The molecule has 0 radical (unpaired) electrons. The van der Waals surface area contributed by atoms with Crippen molar-refractivity contribution in [2.24, 2.45) is 0 Å². The summed E-state index contributed by atoms with van der Waals surface area (Å²) in [7, 11) is 0. The molecule has 0 atom stereocenters. The van der Waals surface area contributed by atoms with E-state index in [0.717, 1.165) is 0 Å². The predicted molar refractivity (Wildman–Crippen MR) is 96.5 cm³/mol. The first-order chi connectivity index (χ1) is 10.9. The normalized spacial score (nSPS) is 11.6. The number of hydrogen-bond acceptors (Lipinski definition) is 0. The van der Waals surface area contributed by atoms with Crippen molar-refractivity contribution in [2.75, 3.05) is 0 Å². The molecule has 5 aromatic rings. The smallest absolute Gasteiger partial charge is 0.00266 e. The molecule has 0 heteroatoms. The highest BCUT2D eigenvalue weighted by atomic mass is 14.1. The monoisotopic (exact) mass is 278 g/mol. The van der Waals surface area contributed by atoms with Crippen LogP contribution in [0.25, 0.3) is 43.1 Å². The van der Waals surface area contributed by atoms with Gasteiger partial charge >= 0.3 is 0 Å². The Morgan fingerprint density at radius 2 is 0.955 bits per heavy atom. The molecule has 0 saturated carbocycles. The molecule has 0 saturated heterocycles. The van der Waals surface area contributed by atoms with Crippen LogP contribution < -0.4 is 0 Å². The Hall–Kier alpha value is -2.86. The lowest BCUT2D eigenvalue weighted by atomic mass is 9.94. The second-order valence-electron chi connectivity index (χ2n) is 5.87. The number of benzene rings is 5. The summed E-state index contributed by atoms with van der Waals surface area (Å²) in [4.78, 5) is 0. The Labute approximate surface area is 128 Å². The lowest BCUT2D eigenvalue weighted by Crippen LogP contribution is -1.82. The van der Waals surface area contributed by atoms with Crippen LogP contribution in [0.15, 0.2) is 84.9 Å². The van der Waals surface area contributed by atoms with Crippen LogP contribution >= 0.6 is 0 Å². The van der Waals surface area contributed by atoms with Crippen molar-refractivity contribution >= 4 is 43.1 Å². The molecule has 0 aliphatic rings. The van der Waals surface area contributed by atoms with Gasteiger partial charge < -0.3 is 0 Å². The number of fused-ring (bicyclic) bond motifs is 6. The Kier molecular flexibility index (Phi) is 2.31. The molecule has 5 rings (SSSR count).